The van der Waals surface area contributed by atoms with Crippen molar-refractivity contribution in [3.8, 4) is 0 Å². The van der Waals surface area contributed by atoms with Gasteiger partial charge in [-0.25, -0.2) is 0 Å². The van der Waals surface area contributed by atoms with E-state index < -0.39 is 0 Å². The summed E-state index contributed by atoms with van der Waals surface area (Å²) in [6.07, 6.45) is 5.55. The Bertz CT molecular complexity index is 818. The SMILES string of the molecule is C[C@H](Sc1nncn1C)c1cccc(CC(=O)N2CCOC3(CCC3)C2)c1. The van der Waals surface area contributed by atoms with Gasteiger partial charge in [-0.1, -0.05) is 36.0 Å². The van der Waals surface area contributed by atoms with Crippen LogP contribution in [0.3, 0.4) is 0 Å². The zero-order valence-electron chi connectivity index (χ0n) is 15.9. The van der Waals surface area contributed by atoms with Crippen LogP contribution in [0.15, 0.2) is 35.7 Å². The number of carbonyl (C=O) groups excluding carboxylic acids is 1. The van der Waals surface area contributed by atoms with Crippen LogP contribution in [0, 0.1) is 0 Å². The van der Waals surface area contributed by atoms with Crippen molar-refractivity contribution >= 4 is 17.7 Å². The Labute approximate surface area is 164 Å². The second-order valence-electron chi connectivity index (χ2n) is 7.61. The highest BCUT2D eigenvalue weighted by atomic mass is 32.2. The lowest BCUT2D eigenvalue weighted by atomic mass is 9.79. The third kappa shape index (κ3) is 4.04. The van der Waals surface area contributed by atoms with E-state index in [1.165, 1.54) is 12.0 Å². The van der Waals surface area contributed by atoms with Crippen LogP contribution in [-0.4, -0.2) is 50.9 Å². The molecule has 0 radical (unpaired) electrons. The summed E-state index contributed by atoms with van der Waals surface area (Å²) in [6, 6.07) is 8.34. The van der Waals surface area contributed by atoms with E-state index in [1.807, 2.05) is 28.6 Å². The number of ether oxygens (including phenoxy) is 1. The molecule has 27 heavy (non-hydrogen) atoms. The molecule has 1 aromatic heterocycles. The lowest BCUT2D eigenvalue weighted by Gasteiger charge is -2.48. The summed E-state index contributed by atoms with van der Waals surface area (Å²) < 4.78 is 7.85. The third-order valence-corrected chi connectivity index (χ3v) is 6.80. The second-order valence-corrected chi connectivity index (χ2v) is 8.91. The molecule has 1 saturated heterocycles. The number of morpholine rings is 1. The summed E-state index contributed by atoms with van der Waals surface area (Å²) >= 11 is 1.67. The van der Waals surface area contributed by atoms with Crippen LogP contribution in [-0.2, 0) is 23.0 Å². The van der Waals surface area contributed by atoms with Crippen molar-refractivity contribution in [3.05, 3.63) is 41.7 Å². The Kier molecular flexibility index (Phi) is 5.23. The van der Waals surface area contributed by atoms with Gasteiger partial charge in [-0.3, -0.25) is 4.79 Å². The number of hydrogen-bond donors (Lipinski definition) is 0. The van der Waals surface area contributed by atoms with Crippen LogP contribution in [0.5, 0.6) is 0 Å². The molecular formula is C20H26N4O2S. The first-order chi connectivity index (χ1) is 13.0. The summed E-state index contributed by atoms with van der Waals surface area (Å²) in [5.41, 5.74) is 2.22. The van der Waals surface area contributed by atoms with E-state index in [2.05, 4.69) is 29.3 Å². The summed E-state index contributed by atoms with van der Waals surface area (Å²) in [6.45, 7) is 4.28. The molecule has 1 atom stereocenters. The Morgan fingerprint density at radius 1 is 1.41 bits per heavy atom. The molecule has 0 N–H and O–H groups in total. The first-order valence-corrected chi connectivity index (χ1v) is 10.4. The minimum Gasteiger partial charge on any atom is -0.371 e. The number of thioether (sulfide) groups is 1. The van der Waals surface area contributed by atoms with E-state index in [-0.39, 0.29) is 16.8 Å². The number of nitrogens with zero attached hydrogens (tertiary/aromatic N) is 4. The van der Waals surface area contributed by atoms with Crippen molar-refractivity contribution in [1.82, 2.24) is 19.7 Å². The standard InChI is InChI=1S/C20H26N4O2S/c1-15(27-19-22-21-14-23(19)2)17-6-3-5-16(11-17)12-18(25)24-9-10-26-20(13-24)7-4-8-20/h3,5-6,11,14-15H,4,7-10,12-13H2,1-2H3/t15-/m0/s1. The van der Waals surface area contributed by atoms with Gasteiger partial charge in [-0.2, -0.15) is 0 Å². The van der Waals surface area contributed by atoms with Gasteiger partial charge < -0.3 is 14.2 Å². The molecule has 1 spiro atoms. The summed E-state index contributed by atoms with van der Waals surface area (Å²) in [7, 11) is 1.95. The molecule has 2 fully saturated rings. The molecule has 7 heteroatoms. The van der Waals surface area contributed by atoms with Gasteiger partial charge in [-0.15, -0.1) is 10.2 Å². The maximum atomic E-state index is 12.8. The zero-order valence-corrected chi connectivity index (χ0v) is 16.7. The Balaban J connectivity index is 1.40. The predicted molar refractivity (Wildman–Crippen MR) is 105 cm³/mol. The predicted octanol–water partition coefficient (Wildman–Crippen LogP) is 2.99. The minimum absolute atomic E-state index is 0.0446. The molecule has 2 heterocycles. The van der Waals surface area contributed by atoms with Crippen LogP contribution >= 0.6 is 11.8 Å². The van der Waals surface area contributed by atoms with E-state index in [0.717, 1.165) is 30.1 Å². The minimum atomic E-state index is -0.0446. The van der Waals surface area contributed by atoms with Gasteiger partial charge >= 0.3 is 0 Å². The number of benzene rings is 1. The zero-order chi connectivity index (χ0) is 18.9. The summed E-state index contributed by atoms with van der Waals surface area (Å²) in [4.78, 5) is 14.8. The highest BCUT2D eigenvalue weighted by Gasteiger charge is 2.43. The second kappa shape index (κ2) is 7.64. The lowest BCUT2D eigenvalue weighted by Crippen LogP contribution is -2.57. The number of aryl methyl sites for hydroxylation is 1. The maximum Gasteiger partial charge on any atom is 0.227 e. The van der Waals surface area contributed by atoms with Crippen LogP contribution in [0.1, 0.15) is 42.6 Å². The molecule has 1 saturated carbocycles. The maximum absolute atomic E-state index is 12.8. The van der Waals surface area contributed by atoms with Gasteiger partial charge in [0.1, 0.15) is 6.33 Å². The quantitative estimate of drug-likeness (QED) is 0.740. The van der Waals surface area contributed by atoms with Crippen LogP contribution in [0.2, 0.25) is 0 Å². The Morgan fingerprint density at radius 3 is 2.96 bits per heavy atom. The fourth-order valence-corrected chi connectivity index (χ4v) is 4.69. The molecule has 1 amide bonds. The molecule has 6 nitrogen and oxygen atoms in total. The largest absolute Gasteiger partial charge is 0.371 e. The smallest absolute Gasteiger partial charge is 0.227 e. The summed E-state index contributed by atoms with van der Waals surface area (Å²) in [5.74, 6) is 0.204. The van der Waals surface area contributed by atoms with Gasteiger partial charge in [0.2, 0.25) is 5.91 Å². The first kappa shape index (κ1) is 18.5. The van der Waals surface area contributed by atoms with Gasteiger partial charge in [0.15, 0.2) is 5.16 Å². The number of amides is 1. The highest BCUT2D eigenvalue weighted by Crippen LogP contribution is 2.38. The van der Waals surface area contributed by atoms with Crippen molar-refractivity contribution in [2.24, 2.45) is 7.05 Å². The van der Waals surface area contributed by atoms with E-state index in [1.54, 1.807) is 18.1 Å². The molecule has 0 unspecified atom stereocenters. The molecule has 1 aromatic carbocycles. The fourth-order valence-electron chi connectivity index (χ4n) is 3.78. The number of carbonyl (C=O) groups is 1. The molecule has 1 aliphatic carbocycles. The first-order valence-electron chi connectivity index (χ1n) is 9.56. The molecule has 2 aliphatic rings. The van der Waals surface area contributed by atoms with E-state index in [4.69, 9.17) is 4.74 Å². The van der Waals surface area contributed by atoms with Gasteiger partial charge in [0.25, 0.3) is 0 Å². The van der Waals surface area contributed by atoms with Crippen LogP contribution in [0.4, 0.5) is 0 Å². The highest BCUT2D eigenvalue weighted by molar-refractivity contribution is 7.99. The van der Waals surface area contributed by atoms with Crippen molar-refractivity contribution < 1.29 is 9.53 Å². The number of aromatic nitrogens is 3. The van der Waals surface area contributed by atoms with E-state index >= 15 is 0 Å². The van der Waals surface area contributed by atoms with Crippen molar-refractivity contribution in [1.29, 1.82) is 0 Å². The van der Waals surface area contributed by atoms with E-state index in [0.29, 0.717) is 19.6 Å². The molecule has 1 aliphatic heterocycles. The Hall–Kier alpha value is -1.86. The lowest BCUT2D eigenvalue weighted by molar-refractivity contribution is -0.167. The van der Waals surface area contributed by atoms with Gasteiger partial charge in [0, 0.05) is 25.4 Å². The van der Waals surface area contributed by atoms with Crippen molar-refractivity contribution in [3.63, 3.8) is 0 Å². The van der Waals surface area contributed by atoms with Gasteiger partial charge in [-0.05, 0) is 37.3 Å². The van der Waals surface area contributed by atoms with Crippen molar-refractivity contribution in [2.45, 2.75) is 48.6 Å². The third-order valence-electron chi connectivity index (χ3n) is 5.59. The average molecular weight is 387 g/mol. The van der Waals surface area contributed by atoms with Gasteiger partial charge in [0.05, 0.1) is 18.6 Å². The number of hydrogen-bond acceptors (Lipinski definition) is 5. The monoisotopic (exact) mass is 386 g/mol. The molecule has 144 valence electrons. The molecule has 0 bridgehead atoms. The Morgan fingerprint density at radius 2 is 2.26 bits per heavy atom. The topological polar surface area (TPSA) is 60.2 Å². The normalized spacial score (nSPS) is 19.7. The average Bonchev–Trinajstić information content (AvgIpc) is 3.05. The van der Waals surface area contributed by atoms with E-state index in [9.17, 15) is 4.79 Å². The fraction of sp³-hybridized carbons (Fsp3) is 0.550. The van der Waals surface area contributed by atoms with Crippen LogP contribution in [0.25, 0.3) is 0 Å². The molecule has 2 aromatic rings. The summed E-state index contributed by atoms with van der Waals surface area (Å²) in [5, 5.41) is 9.21. The van der Waals surface area contributed by atoms with Crippen LogP contribution < -0.4 is 0 Å². The molecule has 4 rings (SSSR count). The number of rotatable bonds is 5. The molecular weight excluding hydrogens is 360 g/mol. The van der Waals surface area contributed by atoms with Crippen molar-refractivity contribution in [2.75, 3.05) is 19.7 Å².